The predicted octanol–water partition coefficient (Wildman–Crippen LogP) is 1.93. The van der Waals surface area contributed by atoms with Crippen LogP contribution in [0.5, 0.6) is 0 Å². The van der Waals surface area contributed by atoms with Crippen LogP contribution in [0.1, 0.15) is 19.4 Å². The molecule has 114 valence electrons. The summed E-state index contributed by atoms with van der Waals surface area (Å²) < 4.78 is 6.99. The molecule has 1 aliphatic heterocycles. The first-order valence-electron chi connectivity index (χ1n) is 7.70. The third kappa shape index (κ3) is 2.49. The summed E-state index contributed by atoms with van der Waals surface area (Å²) in [6, 6.07) is 9.41. The van der Waals surface area contributed by atoms with Crippen molar-refractivity contribution in [2.24, 2.45) is 11.8 Å². The number of allylic oxidation sites excluding steroid dienone is 1. The van der Waals surface area contributed by atoms with Crippen LogP contribution in [0, 0.1) is 11.8 Å². The van der Waals surface area contributed by atoms with Gasteiger partial charge in [0.2, 0.25) is 6.04 Å². The van der Waals surface area contributed by atoms with Gasteiger partial charge in [0, 0.05) is 12.5 Å². The Morgan fingerprint density at radius 3 is 2.73 bits per heavy atom. The molecule has 0 bridgehead atoms. The van der Waals surface area contributed by atoms with Crippen LogP contribution in [0.25, 0.3) is 5.57 Å². The number of Topliss-reactive ketones (excluding diaryl/α,β-unsaturated/α-hetero) is 1. The maximum atomic E-state index is 12.6. The van der Waals surface area contributed by atoms with Crippen LogP contribution in [0.3, 0.4) is 0 Å². The van der Waals surface area contributed by atoms with Crippen LogP contribution in [-0.4, -0.2) is 41.7 Å². The molecule has 0 unspecified atom stereocenters. The first kappa shape index (κ1) is 14.7. The molecule has 1 heterocycles. The van der Waals surface area contributed by atoms with E-state index in [2.05, 4.69) is 6.08 Å². The minimum absolute atomic E-state index is 0.146. The van der Waals surface area contributed by atoms with Gasteiger partial charge in [-0.3, -0.25) is 4.79 Å². The Labute approximate surface area is 130 Å². The predicted molar refractivity (Wildman–Crippen MR) is 83.7 cm³/mol. The molecule has 0 aromatic heterocycles. The third-order valence-electron chi connectivity index (χ3n) is 4.39. The van der Waals surface area contributed by atoms with Crippen molar-refractivity contribution >= 4 is 23.5 Å². The first-order valence-corrected chi connectivity index (χ1v) is 7.70. The van der Waals surface area contributed by atoms with E-state index in [9.17, 15) is 9.59 Å². The zero-order chi connectivity index (χ0) is 15.7. The zero-order valence-electron chi connectivity index (χ0n) is 12.9. The number of carbonyl (C=O) groups is 2. The van der Waals surface area contributed by atoms with E-state index < -0.39 is 0 Å². The van der Waals surface area contributed by atoms with Crippen LogP contribution in [0.4, 0.5) is 0 Å². The minimum atomic E-state index is -0.341. The van der Waals surface area contributed by atoms with Crippen molar-refractivity contribution < 1.29 is 18.9 Å². The number of carbonyl (C=O) groups excluding carboxylic acids is 2. The first-order chi connectivity index (χ1) is 10.6. The Hall–Kier alpha value is -2.23. The highest BCUT2D eigenvalue weighted by atomic mass is 16.5. The van der Waals surface area contributed by atoms with Crippen LogP contribution in [0.15, 0.2) is 36.4 Å². The van der Waals surface area contributed by atoms with Crippen molar-refractivity contribution in [3.63, 3.8) is 0 Å². The van der Waals surface area contributed by atoms with Crippen LogP contribution < -0.4 is 0 Å². The Balaban J connectivity index is 1.76. The molecule has 4 nitrogen and oxygen atoms in total. The molecule has 1 aromatic carbocycles. The number of fused-ring (bicyclic) bond motifs is 1. The van der Waals surface area contributed by atoms with E-state index in [-0.39, 0.29) is 29.6 Å². The Morgan fingerprint density at radius 1 is 1.36 bits per heavy atom. The highest BCUT2D eigenvalue weighted by Crippen LogP contribution is 2.35. The SMILES string of the molecule is CCOC(=O)[C@@H](C)[N+]1=C[C@H]2C(=O)C(c3ccccc3)=C[C@H]2C1. The smallest absolute Gasteiger partial charge is 0.375 e. The van der Waals surface area contributed by atoms with Gasteiger partial charge in [-0.15, -0.1) is 0 Å². The zero-order valence-corrected chi connectivity index (χ0v) is 12.9. The molecule has 22 heavy (non-hydrogen) atoms. The molecule has 0 spiro atoms. The Kier molecular flexibility index (Phi) is 3.92. The van der Waals surface area contributed by atoms with Gasteiger partial charge in [-0.25, -0.2) is 9.37 Å². The summed E-state index contributed by atoms with van der Waals surface area (Å²) in [6.07, 6.45) is 3.96. The van der Waals surface area contributed by atoms with E-state index in [1.165, 1.54) is 0 Å². The second-order valence-electron chi connectivity index (χ2n) is 5.77. The second kappa shape index (κ2) is 5.87. The van der Waals surface area contributed by atoms with Gasteiger partial charge in [-0.2, -0.15) is 0 Å². The van der Waals surface area contributed by atoms with Gasteiger partial charge < -0.3 is 4.74 Å². The summed E-state index contributed by atoms with van der Waals surface area (Å²) in [6.45, 7) is 4.68. The number of hydrogen-bond donors (Lipinski definition) is 0. The third-order valence-corrected chi connectivity index (χ3v) is 4.39. The molecule has 3 rings (SSSR count). The van der Waals surface area contributed by atoms with Crippen LogP contribution in [-0.2, 0) is 14.3 Å². The van der Waals surface area contributed by atoms with Crippen molar-refractivity contribution in [1.82, 2.24) is 0 Å². The van der Waals surface area contributed by atoms with E-state index in [0.717, 1.165) is 11.1 Å². The maximum Gasteiger partial charge on any atom is 0.375 e. The summed E-state index contributed by atoms with van der Waals surface area (Å²) in [7, 11) is 0. The van der Waals surface area contributed by atoms with E-state index >= 15 is 0 Å². The quantitative estimate of drug-likeness (QED) is 0.630. The van der Waals surface area contributed by atoms with Crippen molar-refractivity contribution in [2.45, 2.75) is 19.9 Å². The largest absolute Gasteiger partial charge is 0.461 e. The van der Waals surface area contributed by atoms with Gasteiger partial charge in [-0.1, -0.05) is 36.4 Å². The van der Waals surface area contributed by atoms with Crippen molar-refractivity contribution in [3.05, 3.63) is 42.0 Å². The van der Waals surface area contributed by atoms with Gasteiger partial charge in [0.15, 0.2) is 18.5 Å². The topological polar surface area (TPSA) is 46.4 Å². The number of ether oxygens (including phenoxy) is 1. The standard InChI is InChI=1S/C18H20NO3/c1-3-22-18(21)12(2)19-10-14-9-15(17(20)16(14)11-19)13-7-5-4-6-8-13/h4-9,11-12,14,16H,3,10H2,1-2H3/q+1/t12-,14+,16-/m1/s1. The van der Waals surface area contributed by atoms with Gasteiger partial charge in [-0.05, 0) is 12.5 Å². The summed E-state index contributed by atoms with van der Waals surface area (Å²) in [5.41, 5.74) is 1.77. The van der Waals surface area contributed by atoms with E-state index in [1.54, 1.807) is 6.92 Å². The summed E-state index contributed by atoms with van der Waals surface area (Å²) in [5.74, 6) is -0.0835. The molecule has 0 radical (unpaired) electrons. The molecule has 0 amide bonds. The van der Waals surface area contributed by atoms with Gasteiger partial charge in [0.1, 0.15) is 5.92 Å². The fraction of sp³-hybridized carbons (Fsp3) is 0.389. The fourth-order valence-electron chi connectivity index (χ4n) is 3.17. The number of rotatable bonds is 4. The van der Waals surface area contributed by atoms with Gasteiger partial charge in [0.05, 0.1) is 12.5 Å². The molecular formula is C18H20NO3+. The minimum Gasteiger partial charge on any atom is -0.461 e. The lowest BCUT2D eigenvalue weighted by atomic mass is 9.97. The molecule has 1 aromatic rings. The molecule has 1 aliphatic carbocycles. The molecule has 0 saturated heterocycles. The number of hydrogen-bond acceptors (Lipinski definition) is 3. The number of nitrogens with zero attached hydrogens (tertiary/aromatic N) is 1. The molecule has 4 heteroatoms. The highest BCUT2D eigenvalue weighted by Gasteiger charge is 2.46. The average molecular weight is 298 g/mol. The Morgan fingerprint density at radius 2 is 2.09 bits per heavy atom. The molecule has 3 atom stereocenters. The lowest BCUT2D eigenvalue weighted by Gasteiger charge is -2.08. The monoisotopic (exact) mass is 298 g/mol. The lowest BCUT2D eigenvalue weighted by Crippen LogP contribution is -2.33. The van der Waals surface area contributed by atoms with Crippen molar-refractivity contribution in [3.8, 4) is 0 Å². The van der Waals surface area contributed by atoms with Gasteiger partial charge in [0.25, 0.3) is 0 Å². The van der Waals surface area contributed by atoms with Crippen LogP contribution >= 0.6 is 0 Å². The lowest BCUT2D eigenvalue weighted by molar-refractivity contribution is -0.543. The summed E-state index contributed by atoms with van der Waals surface area (Å²) in [5, 5.41) is 0. The second-order valence-corrected chi connectivity index (χ2v) is 5.77. The molecule has 2 aliphatic rings. The number of esters is 1. The van der Waals surface area contributed by atoms with E-state index in [1.807, 2.05) is 48.0 Å². The van der Waals surface area contributed by atoms with Crippen LogP contribution in [0.2, 0.25) is 0 Å². The fourth-order valence-corrected chi connectivity index (χ4v) is 3.17. The normalized spacial score (nSPS) is 24.5. The highest BCUT2D eigenvalue weighted by molar-refractivity contribution is 6.28. The molecule has 0 saturated carbocycles. The summed E-state index contributed by atoms with van der Waals surface area (Å²) >= 11 is 0. The van der Waals surface area contributed by atoms with E-state index in [4.69, 9.17) is 4.74 Å². The van der Waals surface area contributed by atoms with Crippen molar-refractivity contribution in [2.75, 3.05) is 13.2 Å². The van der Waals surface area contributed by atoms with Crippen molar-refractivity contribution in [1.29, 1.82) is 0 Å². The molecule has 0 fully saturated rings. The summed E-state index contributed by atoms with van der Waals surface area (Å²) in [4.78, 5) is 24.4. The number of ketones is 1. The Bertz CT molecular complexity index is 660. The molecular weight excluding hydrogens is 278 g/mol. The molecule has 0 N–H and O–H groups in total. The maximum absolute atomic E-state index is 12.6. The van der Waals surface area contributed by atoms with E-state index in [0.29, 0.717) is 13.2 Å². The number of benzene rings is 1. The average Bonchev–Trinajstić information content (AvgIpc) is 3.07. The van der Waals surface area contributed by atoms with Gasteiger partial charge >= 0.3 is 5.97 Å².